The monoisotopic (exact) mass is 455 g/mol. The second-order valence-electron chi connectivity index (χ2n) is 6.20. The van der Waals surface area contributed by atoms with Gasteiger partial charge in [0, 0.05) is 5.02 Å². The van der Waals surface area contributed by atoms with Gasteiger partial charge < -0.3 is 4.74 Å². The molecule has 160 valence electrons. The van der Waals surface area contributed by atoms with Crippen molar-refractivity contribution in [2.24, 2.45) is 16.1 Å². The number of halogens is 5. The van der Waals surface area contributed by atoms with Gasteiger partial charge in [-0.25, -0.2) is 9.37 Å². The van der Waals surface area contributed by atoms with Crippen molar-refractivity contribution in [2.75, 3.05) is 6.67 Å². The largest absolute Gasteiger partial charge is 0.449 e. The minimum Gasteiger partial charge on any atom is -0.449 e. The van der Waals surface area contributed by atoms with E-state index >= 15 is 0 Å². The third kappa shape index (κ3) is 4.95. The highest BCUT2D eigenvalue weighted by atomic mass is 35.5. The molecular formula is C18H10ClF4N5O3. The summed E-state index contributed by atoms with van der Waals surface area (Å²) in [6.45, 7) is -1.49. The van der Waals surface area contributed by atoms with Gasteiger partial charge in [0.05, 0.1) is 36.1 Å². The van der Waals surface area contributed by atoms with Gasteiger partial charge in [-0.1, -0.05) is 11.6 Å². The molecule has 2 heterocycles. The number of nitriles is 1. The zero-order valence-electron chi connectivity index (χ0n) is 15.2. The maximum Gasteiger partial charge on any atom is 0.437 e. The summed E-state index contributed by atoms with van der Waals surface area (Å²) in [6, 6.07) is 5.23. The molecule has 0 fully saturated rings. The molecule has 2 aromatic rings. The van der Waals surface area contributed by atoms with Gasteiger partial charge in [-0.15, -0.1) is 5.11 Å². The number of hydrogen-bond donors (Lipinski definition) is 0. The van der Waals surface area contributed by atoms with Gasteiger partial charge >= 0.3 is 6.18 Å². The number of azo groups is 1. The van der Waals surface area contributed by atoms with Crippen molar-refractivity contribution in [1.29, 1.82) is 5.26 Å². The van der Waals surface area contributed by atoms with Gasteiger partial charge in [-0.2, -0.15) is 23.5 Å². The Morgan fingerprint density at radius 1 is 1.23 bits per heavy atom. The summed E-state index contributed by atoms with van der Waals surface area (Å²) in [5, 5.41) is 15.8. The third-order valence-electron chi connectivity index (χ3n) is 3.97. The zero-order chi connectivity index (χ0) is 22.8. The minimum absolute atomic E-state index is 0.00142. The number of allylic oxidation sites excluding steroid dienone is 1. The zero-order valence-corrected chi connectivity index (χ0v) is 16.0. The summed E-state index contributed by atoms with van der Waals surface area (Å²) in [7, 11) is 0. The third-order valence-corrected chi connectivity index (χ3v) is 4.19. The highest BCUT2D eigenvalue weighted by molar-refractivity contribution is 6.30. The molecule has 0 saturated carbocycles. The Kier molecular flexibility index (Phi) is 6.16. The summed E-state index contributed by atoms with van der Waals surface area (Å²) < 4.78 is 58.9. The molecule has 1 unspecified atom stereocenters. The lowest BCUT2D eigenvalue weighted by Gasteiger charge is -2.16. The fourth-order valence-corrected chi connectivity index (χ4v) is 2.80. The predicted octanol–water partition coefficient (Wildman–Crippen LogP) is 4.04. The lowest BCUT2D eigenvalue weighted by molar-refractivity contribution is -0.142. The van der Waals surface area contributed by atoms with E-state index in [1.54, 1.807) is 6.07 Å². The van der Waals surface area contributed by atoms with Crippen molar-refractivity contribution in [3.63, 3.8) is 0 Å². The van der Waals surface area contributed by atoms with Gasteiger partial charge in [0.25, 0.3) is 11.5 Å². The first-order valence-electron chi connectivity index (χ1n) is 8.39. The van der Waals surface area contributed by atoms with Crippen molar-refractivity contribution in [3.8, 4) is 17.6 Å². The van der Waals surface area contributed by atoms with Crippen LogP contribution in [-0.2, 0) is 17.5 Å². The van der Waals surface area contributed by atoms with Crippen LogP contribution in [0.3, 0.4) is 0 Å². The van der Waals surface area contributed by atoms with Gasteiger partial charge in [0.15, 0.2) is 5.69 Å². The molecule has 1 atom stereocenters. The highest BCUT2D eigenvalue weighted by Crippen LogP contribution is 2.35. The molecule has 0 bridgehead atoms. The first-order valence-corrected chi connectivity index (χ1v) is 8.77. The van der Waals surface area contributed by atoms with Crippen LogP contribution in [-0.4, -0.2) is 22.1 Å². The molecule has 0 N–H and O–H groups in total. The molecule has 31 heavy (non-hydrogen) atoms. The molecule has 1 aromatic heterocycles. The molecule has 0 spiro atoms. The second-order valence-corrected chi connectivity index (χ2v) is 6.64. The van der Waals surface area contributed by atoms with Crippen molar-refractivity contribution in [2.45, 2.75) is 12.7 Å². The molecule has 1 aliphatic rings. The molecule has 3 rings (SSSR count). The maximum absolute atomic E-state index is 13.4. The van der Waals surface area contributed by atoms with Gasteiger partial charge in [-0.05, 0) is 24.3 Å². The smallest absolute Gasteiger partial charge is 0.437 e. The highest BCUT2D eigenvalue weighted by Gasteiger charge is 2.39. The Bertz CT molecular complexity index is 1200. The standard InChI is InChI=1S/C18H10ClF4N5O3/c19-11-1-9(6-24)2-13(4-11)31-14-15(18(21,22)23)25-8-28(17(14)30)7-12-3-10(5-20)16(29)27-26-12/h1-4,8,10H,5,7H2. The summed E-state index contributed by atoms with van der Waals surface area (Å²) in [5.74, 6) is -3.46. The van der Waals surface area contributed by atoms with E-state index < -0.39 is 48.2 Å². The lowest BCUT2D eigenvalue weighted by atomic mass is 10.1. The molecular weight excluding hydrogens is 446 g/mol. The molecule has 0 radical (unpaired) electrons. The van der Waals surface area contributed by atoms with Crippen LogP contribution >= 0.6 is 11.6 Å². The Morgan fingerprint density at radius 2 is 1.97 bits per heavy atom. The van der Waals surface area contributed by atoms with Crippen molar-refractivity contribution >= 4 is 17.5 Å². The van der Waals surface area contributed by atoms with Gasteiger partial charge in [0.2, 0.25) is 5.75 Å². The average Bonchev–Trinajstić information content (AvgIpc) is 2.70. The van der Waals surface area contributed by atoms with Crippen LogP contribution in [0, 0.1) is 17.2 Å². The number of hydrogen-bond acceptors (Lipinski definition) is 6. The molecule has 8 nitrogen and oxygen atoms in total. The van der Waals surface area contributed by atoms with Crippen molar-refractivity contribution < 1.29 is 27.1 Å². The Morgan fingerprint density at radius 3 is 2.61 bits per heavy atom. The van der Waals surface area contributed by atoms with E-state index in [0.29, 0.717) is 6.33 Å². The number of carbonyl (C=O) groups is 1. The number of alkyl halides is 4. The minimum atomic E-state index is -5.03. The summed E-state index contributed by atoms with van der Waals surface area (Å²) >= 11 is 5.82. The Hall–Kier alpha value is -3.59. The summed E-state index contributed by atoms with van der Waals surface area (Å²) in [6.07, 6.45) is -3.29. The van der Waals surface area contributed by atoms with Crippen LogP contribution < -0.4 is 10.3 Å². The lowest BCUT2D eigenvalue weighted by Crippen LogP contribution is -2.27. The molecule has 0 aliphatic carbocycles. The van der Waals surface area contributed by atoms with Crippen LogP contribution in [0.2, 0.25) is 5.02 Å². The van der Waals surface area contributed by atoms with Gasteiger partial charge in [-0.3, -0.25) is 14.2 Å². The van der Waals surface area contributed by atoms with E-state index in [9.17, 15) is 27.2 Å². The van der Waals surface area contributed by atoms with Crippen LogP contribution in [0.1, 0.15) is 11.3 Å². The molecule has 13 heteroatoms. The molecule has 0 saturated heterocycles. The maximum atomic E-state index is 13.4. The predicted molar refractivity (Wildman–Crippen MR) is 97.2 cm³/mol. The first kappa shape index (κ1) is 22.1. The van der Waals surface area contributed by atoms with E-state index in [2.05, 4.69) is 15.2 Å². The number of aromatic nitrogens is 2. The van der Waals surface area contributed by atoms with Crippen molar-refractivity contribution in [1.82, 2.24) is 9.55 Å². The van der Waals surface area contributed by atoms with Crippen LogP contribution in [0.25, 0.3) is 0 Å². The number of ether oxygens (including phenoxy) is 1. The number of nitrogens with zero attached hydrogens (tertiary/aromatic N) is 5. The average molecular weight is 456 g/mol. The Labute approximate surface area is 176 Å². The van der Waals surface area contributed by atoms with Crippen molar-refractivity contribution in [3.05, 3.63) is 62.9 Å². The molecule has 1 aromatic carbocycles. The SMILES string of the molecule is N#Cc1cc(Cl)cc(Oc2c(C(F)(F)F)ncn(CC3=CC(CF)C(=O)N=N3)c2=O)c1. The van der Waals surface area contributed by atoms with Crippen LogP contribution in [0.4, 0.5) is 17.6 Å². The summed E-state index contributed by atoms with van der Waals surface area (Å²) in [4.78, 5) is 27.4. The number of amides is 1. The van der Waals surface area contributed by atoms with E-state index in [-0.39, 0.29) is 22.0 Å². The molecule has 1 amide bonds. The topological polar surface area (TPSA) is 110 Å². The second kappa shape index (κ2) is 8.65. The van der Waals surface area contributed by atoms with E-state index in [1.165, 1.54) is 6.07 Å². The van der Waals surface area contributed by atoms with E-state index in [0.717, 1.165) is 22.8 Å². The quantitative estimate of drug-likeness (QED) is 0.632. The Balaban J connectivity index is 2.05. The van der Waals surface area contributed by atoms with Gasteiger partial charge in [0.1, 0.15) is 12.4 Å². The number of benzene rings is 1. The van der Waals surface area contributed by atoms with Crippen LogP contribution in [0.15, 0.2) is 51.3 Å². The van der Waals surface area contributed by atoms with E-state index in [4.69, 9.17) is 21.6 Å². The van der Waals surface area contributed by atoms with Crippen LogP contribution in [0.5, 0.6) is 11.5 Å². The fourth-order valence-electron chi connectivity index (χ4n) is 2.57. The first-order chi connectivity index (χ1) is 14.6. The number of rotatable bonds is 5. The summed E-state index contributed by atoms with van der Waals surface area (Å²) in [5.41, 5.74) is -2.85. The number of carbonyl (C=O) groups excluding carboxylic acids is 1. The fraction of sp³-hybridized carbons (Fsp3) is 0.222. The normalized spacial score (nSPS) is 16.1. The molecule has 1 aliphatic heterocycles. The van der Waals surface area contributed by atoms with E-state index in [1.807, 2.05) is 0 Å².